The van der Waals surface area contributed by atoms with Crippen molar-refractivity contribution in [1.29, 1.82) is 0 Å². The Morgan fingerprint density at radius 1 is 1.11 bits per heavy atom. The molecule has 1 N–H and O–H groups in total. The number of benzene rings is 1. The Morgan fingerprint density at radius 2 is 1.84 bits per heavy atom. The molecule has 2 aliphatic rings. The van der Waals surface area contributed by atoms with Crippen LogP contribution in [0, 0.1) is 5.92 Å². The molecule has 3 heteroatoms. The summed E-state index contributed by atoms with van der Waals surface area (Å²) < 4.78 is 1.11. The average Bonchev–Trinajstić information content (AvgIpc) is 2.83. The molecule has 102 valence electrons. The number of hydrogen-bond donors (Lipinski definition) is 1. The first-order valence-electron chi connectivity index (χ1n) is 7.30. The number of carbonyl (C=O) groups is 1. The second kappa shape index (κ2) is 5.66. The second-order valence-electron chi connectivity index (χ2n) is 5.86. The van der Waals surface area contributed by atoms with E-state index in [1.807, 2.05) is 0 Å². The Morgan fingerprint density at radius 3 is 2.63 bits per heavy atom. The number of fused-ring (bicyclic) bond motifs is 1. The minimum Gasteiger partial charge on any atom is -0.353 e. The van der Waals surface area contributed by atoms with Crippen molar-refractivity contribution in [2.75, 3.05) is 0 Å². The second-order valence-corrected chi connectivity index (χ2v) is 6.78. The zero-order valence-electron chi connectivity index (χ0n) is 11.1. The highest BCUT2D eigenvalue weighted by atomic mass is 79.9. The minimum atomic E-state index is 0.145. The van der Waals surface area contributed by atoms with Crippen LogP contribution >= 0.6 is 15.9 Å². The third kappa shape index (κ3) is 3.02. The topological polar surface area (TPSA) is 29.1 Å². The molecule has 2 aliphatic carbocycles. The molecule has 19 heavy (non-hydrogen) atoms. The maximum absolute atomic E-state index is 12.3. The van der Waals surface area contributed by atoms with Gasteiger partial charge in [-0.2, -0.15) is 0 Å². The van der Waals surface area contributed by atoms with Crippen LogP contribution < -0.4 is 5.32 Å². The van der Waals surface area contributed by atoms with Gasteiger partial charge in [0.05, 0.1) is 0 Å². The fourth-order valence-corrected chi connectivity index (χ4v) is 3.75. The van der Waals surface area contributed by atoms with Crippen molar-refractivity contribution in [2.24, 2.45) is 5.92 Å². The Kier molecular flexibility index (Phi) is 3.92. The van der Waals surface area contributed by atoms with Gasteiger partial charge in [-0.25, -0.2) is 0 Å². The molecular formula is C16H20BrNO. The van der Waals surface area contributed by atoms with Crippen LogP contribution in [-0.4, -0.2) is 11.9 Å². The fraction of sp³-hybridized carbons (Fsp3) is 0.562. The van der Waals surface area contributed by atoms with Gasteiger partial charge in [-0.3, -0.25) is 4.79 Å². The standard InChI is InChI=1S/C16H20BrNO/c17-14-7-6-11-8-13(9-12(11)10-14)16(19)18-15-4-2-1-3-5-15/h6-7,10,13,15H,1-5,8-9H2,(H,18,19). The van der Waals surface area contributed by atoms with Gasteiger partial charge in [0, 0.05) is 16.4 Å². The highest BCUT2D eigenvalue weighted by Gasteiger charge is 2.28. The van der Waals surface area contributed by atoms with Crippen LogP contribution in [0.15, 0.2) is 22.7 Å². The van der Waals surface area contributed by atoms with Crippen molar-refractivity contribution < 1.29 is 4.79 Å². The predicted molar refractivity (Wildman–Crippen MR) is 80.1 cm³/mol. The fourth-order valence-electron chi connectivity index (χ4n) is 3.34. The third-order valence-electron chi connectivity index (χ3n) is 4.42. The van der Waals surface area contributed by atoms with Gasteiger partial charge in [0.2, 0.25) is 5.91 Å². The summed E-state index contributed by atoms with van der Waals surface area (Å²) in [6.07, 6.45) is 7.99. The van der Waals surface area contributed by atoms with Crippen LogP contribution in [0.3, 0.4) is 0 Å². The first-order chi connectivity index (χ1) is 9.22. The SMILES string of the molecule is O=C(NC1CCCCC1)C1Cc2ccc(Br)cc2C1. The van der Waals surface area contributed by atoms with Crippen molar-refractivity contribution in [2.45, 2.75) is 51.0 Å². The van der Waals surface area contributed by atoms with E-state index >= 15 is 0 Å². The van der Waals surface area contributed by atoms with Gasteiger partial charge in [0.1, 0.15) is 0 Å². The lowest BCUT2D eigenvalue weighted by molar-refractivity contribution is -0.125. The van der Waals surface area contributed by atoms with Crippen molar-refractivity contribution in [3.05, 3.63) is 33.8 Å². The zero-order chi connectivity index (χ0) is 13.2. The van der Waals surface area contributed by atoms with Crippen LogP contribution in [0.25, 0.3) is 0 Å². The molecule has 1 amide bonds. The lowest BCUT2D eigenvalue weighted by Crippen LogP contribution is -2.40. The first kappa shape index (κ1) is 13.2. The number of halogens is 1. The maximum Gasteiger partial charge on any atom is 0.223 e. The Labute approximate surface area is 123 Å². The monoisotopic (exact) mass is 321 g/mol. The molecule has 0 aromatic heterocycles. The van der Waals surface area contributed by atoms with Gasteiger partial charge < -0.3 is 5.32 Å². The molecule has 2 nitrogen and oxygen atoms in total. The summed E-state index contributed by atoms with van der Waals surface area (Å²) in [5.74, 6) is 0.408. The lowest BCUT2D eigenvalue weighted by Gasteiger charge is -2.24. The van der Waals surface area contributed by atoms with E-state index < -0.39 is 0 Å². The molecule has 1 atom stereocenters. The Bertz CT molecular complexity index is 480. The lowest BCUT2D eigenvalue weighted by atomic mass is 9.94. The van der Waals surface area contributed by atoms with E-state index in [9.17, 15) is 4.79 Å². The van der Waals surface area contributed by atoms with Crippen molar-refractivity contribution in [3.8, 4) is 0 Å². The van der Waals surface area contributed by atoms with E-state index in [0.29, 0.717) is 6.04 Å². The van der Waals surface area contributed by atoms with Crippen LogP contribution in [0.2, 0.25) is 0 Å². The van der Waals surface area contributed by atoms with E-state index in [1.165, 1.54) is 30.4 Å². The molecular weight excluding hydrogens is 302 g/mol. The first-order valence-corrected chi connectivity index (χ1v) is 8.09. The summed E-state index contributed by atoms with van der Waals surface area (Å²) in [5, 5.41) is 3.26. The quantitative estimate of drug-likeness (QED) is 0.885. The number of rotatable bonds is 2. The smallest absolute Gasteiger partial charge is 0.223 e. The molecule has 0 radical (unpaired) electrons. The van der Waals surface area contributed by atoms with Gasteiger partial charge in [0.15, 0.2) is 0 Å². The van der Waals surface area contributed by atoms with Crippen LogP contribution in [0.1, 0.15) is 43.2 Å². The molecule has 0 bridgehead atoms. The molecule has 0 heterocycles. The van der Waals surface area contributed by atoms with Crippen molar-refractivity contribution in [1.82, 2.24) is 5.32 Å². The van der Waals surface area contributed by atoms with Gasteiger partial charge >= 0.3 is 0 Å². The molecule has 0 saturated heterocycles. The van der Waals surface area contributed by atoms with Crippen molar-refractivity contribution >= 4 is 21.8 Å². The van der Waals surface area contributed by atoms with E-state index in [0.717, 1.165) is 30.2 Å². The van der Waals surface area contributed by atoms with Crippen LogP contribution in [-0.2, 0) is 17.6 Å². The zero-order valence-corrected chi connectivity index (χ0v) is 12.7. The molecule has 1 fully saturated rings. The molecule has 1 aromatic rings. The summed E-state index contributed by atoms with van der Waals surface area (Å²) in [6.45, 7) is 0. The summed E-state index contributed by atoms with van der Waals surface area (Å²) in [5.41, 5.74) is 2.67. The van der Waals surface area contributed by atoms with E-state index in [2.05, 4.69) is 39.4 Å². The molecule has 3 rings (SSSR count). The normalized spacial score (nSPS) is 23.1. The number of carbonyl (C=O) groups excluding carboxylic acids is 1. The number of hydrogen-bond acceptors (Lipinski definition) is 1. The number of amides is 1. The van der Waals surface area contributed by atoms with E-state index in [1.54, 1.807) is 0 Å². The summed E-state index contributed by atoms with van der Waals surface area (Å²) >= 11 is 3.50. The average molecular weight is 322 g/mol. The summed E-state index contributed by atoms with van der Waals surface area (Å²) in [4.78, 5) is 12.3. The predicted octanol–water partition coefficient (Wildman–Crippen LogP) is 3.61. The van der Waals surface area contributed by atoms with E-state index in [-0.39, 0.29) is 11.8 Å². The highest BCUT2D eigenvalue weighted by Crippen LogP contribution is 2.29. The maximum atomic E-state index is 12.3. The largest absolute Gasteiger partial charge is 0.353 e. The van der Waals surface area contributed by atoms with Gasteiger partial charge in [-0.15, -0.1) is 0 Å². The summed E-state index contributed by atoms with van der Waals surface area (Å²) in [6, 6.07) is 6.80. The molecule has 0 aliphatic heterocycles. The molecule has 0 spiro atoms. The molecule has 1 aromatic carbocycles. The van der Waals surface area contributed by atoms with Crippen molar-refractivity contribution in [3.63, 3.8) is 0 Å². The third-order valence-corrected chi connectivity index (χ3v) is 4.92. The molecule has 1 saturated carbocycles. The van der Waals surface area contributed by atoms with Gasteiger partial charge in [0.25, 0.3) is 0 Å². The minimum absolute atomic E-state index is 0.145. The Balaban J connectivity index is 1.60. The molecule has 1 unspecified atom stereocenters. The Hall–Kier alpha value is -0.830. The number of nitrogens with one attached hydrogen (secondary N) is 1. The van der Waals surface area contributed by atoms with E-state index in [4.69, 9.17) is 0 Å². The van der Waals surface area contributed by atoms with Crippen LogP contribution in [0.5, 0.6) is 0 Å². The van der Waals surface area contributed by atoms with Crippen LogP contribution in [0.4, 0.5) is 0 Å². The highest BCUT2D eigenvalue weighted by molar-refractivity contribution is 9.10. The van der Waals surface area contributed by atoms with Gasteiger partial charge in [-0.05, 0) is 48.9 Å². The summed E-state index contributed by atoms with van der Waals surface area (Å²) in [7, 11) is 0. The van der Waals surface area contributed by atoms with Gasteiger partial charge in [-0.1, -0.05) is 41.3 Å².